The fourth-order valence-corrected chi connectivity index (χ4v) is 4.41. The van der Waals surface area contributed by atoms with Crippen molar-refractivity contribution in [3.63, 3.8) is 0 Å². The number of hydrogen-bond acceptors (Lipinski definition) is 8. The fourth-order valence-electron chi connectivity index (χ4n) is 4.41. The zero-order valence-corrected chi connectivity index (χ0v) is 18.6. The molecule has 192 valence electrons. The summed E-state index contributed by atoms with van der Waals surface area (Å²) in [5.41, 5.74) is -0.0931. The average Bonchev–Trinajstić information content (AvgIpc) is 3.48. The van der Waals surface area contributed by atoms with Gasteiger partial charge in [-0.2, -0.15) is 31.3 Å². The standard InChI is InChI=1S/C21H19F6N7O2/c1-10-14-7-33(19-31-30-11(2)35-19)8-15(14)16(10)28-17-29-18(34(32-17)9-20(22,23)24)36-13-5-3-12(4-6-13)21(25,26)27/h3-6,14-16H,1,7-9H2,2H3,(H,28,32). The topological polar surface area (TPSA) is 94.1 Å². The molecule has 2 aromatic heterocycles. The van der Waals surface area contributed by atoms with Crippen molar-refractivity contribution in [3.8, 4) is 11.8 Å². The third-order valence-electron chi connectivity index (χ3n) is 6.10. The molecule has 0 radical (unpaired) electrons. The van der Waals surface area contributed by atoms with Gasteiger partial charge < -0.3 is 19.4 Å². The molecule has 1 aromatic carbocycles. The Morgan fingerprint density at radius 3 is 2.44 bits per heavy atom. The van der Waals surface area contributed by atoms with Gasteiger partial charge in [0.1, 0.15) is 12.3 Å². The highest BCUT2D eigenvalue weighted by atomic mass is 19.4. The first-order chi connectivity index (χ1) is 16.9. The lowest BCUT2D eigenvalue weighted by Crippen LogP contribution is -2.48. The Morgan fingerprint density at radius 1 is 1.11 bits per heavy atom. The molecule has 15 heteroatoms. The van der Waals surface area contributed by atoms with Crippen LogP contribution in [0.1, 0.15) is 11.5 Å². The number of nitrogens with zero attached hydrogens (tertiary/aromatic N) is 6. The molecule has 2 fully saturated rings. The molecule has 1 aliphatic carbocycles. The minimum Gasteiger partial charge on any atom is -0.424 e. The van der Waals surface area contributed by atoms with E-state index in [-0.39, 0.29) is 29.6 Å². The maximum atomic E-state index is 13.1. The minimum atomic E-state index is -4.64. The molecular weight excluding hydrogens is 496 g/mol. The van der Waals surface area contributed by atoms with Gasteiger partial charge in [-0.1, -0.05) is 11.7 Å². The van der Waals surface area contributed by atoms with Crippen molar-refractivity contribution < 1.29 is 35.5 Å². The lowest BCUT2D eigenvalue weighted by Gasteiger charge is -2.42. The predicted molar refractivity (Wildman–Crippen MR) is 112 cm³/mol. The summed E-state index contributed by atoms with van der Waals surface area (Å²) in [6.07, 6.45) is -9.20. The molecule has 9 nitrogen and oxygen atoms in total. The van der Waals surface area contributed by atoms with E-state index in [0.29, 0.717) is 29.7 Å². The van der Waals surface area contributed by atoms with E-state index in [4.69, 9.17) is 9.15 Å². The zero-order chi connectivity index (χ0) is 25.8. The normalized spacial score (nSPS) is 21.9. The van der Waals surface area contributed by atoms with E-state index in [2.05, 4.69) is 32.2 Å². The number of fused-ring (bicyclic) bond motifs is 1. The first kappa shape index (κ1) is 23.9. The molecule has 3 aromatic rings. The van der Waals surface area contributed by atoms with Crippen LogP contribution in [0, 0.1) is 18.8 Å². The van der Waals surface area contributed by atoms with Gasteiger partial charge in [0.15, 0.2) is 0 Å². The first-order valence-electron chi connectivity index (χ1n) is 10.7. The Labute approximate surface area is 199 Å². The SMILES string of the molecule is C=C1C2CN(c3nnc(C)o3)CC2C1Nc1nc(Oc2ccc(C(F)(F)F)cc2)n(CC(F)(F)F)n1. The van der Waals surface area contributed by atoms with E-state index in [0.717, 1.165) is 29.8 Å². The van der Waals surface area contributed by atoms with E-state index in [1.54, 1.807) is 6.92 Å². The number of anilines is 2. The second-order valence-electron chi connectivity index (χ2n) is 8.59. The minimum absolute atomic E-state index is 0.0542. The van der Waals surface area contributed by atoms with E-state index < -0.39 is 30.5 Å². The van der Waals surface area contributed by atoms with Gasteiger partial charge in [-0.3, -0.25) is 0 Å². The molecule has 3 heterocycles. The largest absolute Gasteiger partial charge is 0.424 e. The van der Waals surface area contributed by atoms with Gasteiger partial charge in [-0.05, 0) is 29.8 Å². The van der Waals surface area contributed by atoms with E-state index in [1.807, 2.05) is 4.90 Å². The summed E-state index contributed by atoms with van der Waals surface area (Å²) in [5, 5.41) is 14.7. The van der Waals surface area contributed by atoms with Gasteiger partial charge >= 0.3 is 24.4 Å². The Kier molecular flexibility index (Phi) is 5.59. The molecule has 5 rings (SSSR count). The highest BCUT2D eigenvalue weighted by Gasteiger charge is 2.51. The van der Waals surface area contributed by atoms with Crippen molar-refractivity contribution >= 4 is 12.0 Å². The number of aromatic nitrogens is 5. The van der Waals surface area contributed by atoms with Crippen molar-refractivity contribution in [2.45, 2.75) is 31.9 Å². The molecule has 1 N–H and O–H groups in total. The number of hydrogen-bond donors (Lipinski definition) is 1. The number of ether oxygens (including phenoxy) is 1. The predicted octanol–water partition coefficient (Wildman–Crippen LogP) is 4.45. The Morgan fingerprint density at radius 2 is 1.83 bits per heavy atom. The molecule has 0 bridgehead atoms. The summed E-state index contributed by atoms with van der Waals surface area (Å²) in [4.78, 5) is 5.93. The maximum Gasteiger partial charge on any atom is 0.416 e. The summed E-state index contributed by atoms with van der Waals surface area (Å²) in [5.74, 6) is 0.351. The zero-order valence-electron chi connectivity index (χ0n) is 18.6. The highest BCUT2D eigenvalue weighted by Crippen LogP contribution is 2.46. The summed E-state index contributed by atoms with van der Waals surface area (Å²) in [6.45, 7) is 5.42. The third-order valence-corrected chi connectivity index (χ3v) is 6.10. The number of aryl methyl sites for hydroxylation is 1. The quantitative estimate of drug-likeness (QED) is 0.380. The average molecular weight is 515 g/mol. The Hall–Kier alpha value is -3.78. The van der Waals surface area contributed by atoms with Gasteiger partial charge in [0.05, 0.1) is 11.6 Å². The highest BCUT2D eigenvalue weighted by molar-refractivity contribution is 5.45. The van der Waals surface area contributed by atoms with Crippen LogP contribution in [0.4, 0.5) is 38.3 Å². The van der Waals surface area contributed by atoms with Crippen LogP contribution in [0.5, 0.6) is 11.8 Å². The van der Waals surface area contributed by atoms with Crippen molar-refractivity contribution in [2.24, 2.45) is 11.8 Å². The lowest BCUT2D eigenvalue weighted by atomic mass is 9.68. The molecule has 3 atom stereocenters. The molecule has 36 heavy (non-hydrogen) atoms. The van der Waals surface area contributed by atoms with Crippen LogP contribution in [0.15, 0.2) is 40.8 Å². The van der Waals surface area contributed by atoms with Crippen molar-refractivity contribution in [3.05, 3.63) is 47.9 Å². The number of halogens is 6. The third kappa shape index (κ3) is 4.68. The summed E-state index contributed by atoms with van der Waals surface area (Å²) < 4.78 is 89.0. The van der Waals surface area contributed by atoms with Gasteiger partial charge in [0.2, 0.25) is 11.8 Å². The van der Waals surface area contributed by atoms with E-state index >= 15 is 0 Å². The van der Waals surface area contributed by atoms with Gasteiger partial charge in [0, 0.05) is 31.8 Å². The maximum absolute atomic E-state index is 13.1. The smallest absolute Gasteiger partial charge is 0.416 e. The molecule has 3 unspecified atom stereocenters. The van der Waals surface area contributed by atoms with Crippen LogP contribution in [0.3, 0.4) is 0 Å². The molecule has 1 saturated heterocycles. The molecule has 1 saturated carbocycles. The number of nitrogens with one attached hydrogen (secondary N) is 1. The van der Waals surface area contributed by atoms with Crippen molar-refractivity contribution in [1.29, 1.82) is 0 Å². The van der Waals surface area contributed by atoms with Gasteiger partial charge in [0.25, 0.3) is 0 Å². The van der Waals surface area contributed by atoms with Crippen LogP contribution in [-0.2, 0) is 12.7 Å². The van der Waals surface area contributed by atoms with Crippen LogP contribution >= 0.6 is 0 Å². The molecule has 2 aliphatic rings. The molecule has 1 aliphatic heterocycles. The van der Waals surface area contributed by atoms with Crippen LogP contribution in [0.2, 0.25) is 0 Å². The monoisotopic (exact) mass is 515 g/mol. The Bertz CT molecular complexity index is 1270. The van der Waals surface area contributed by atoms with Crippen molar-refractivity contribution in [2.75, 3.05) is 23.3 Å². The summed E-state index contributed by atoms with van der Waals surface area (Å²) >= 11 is 0. The van der Waals surface area contributed by atoms with Gasteiger partial charge in [-0.25, -0.2) is 4.68 Å². The first-order valence-corrected chi connectivity index (χ1v) is 10.7. The van der Waals surface area contributed by atoms with Crippen LogP contribution in [-0.4, -0.2) is 50.3 Å². The van der Waals surface area contributed by atoms with Crippen LogP contribution < -0.4 is 15.0 Å². The second kappa shape index (κ2) is 8.41. The summed E-state index contributed by atoms with van der Waals surface area (Å²) in [6, 6.07) is 3.05. The van der Waals surface area contributed by atoms with E-state index in [1.165, 1.54) is 0 Å². The molecule has 0 amide bonds. The van der Waals surface area contributed by atoms with Gasteiger partial charge in [-0.15, -0.1) is 10.2 Å². The number of rotatable bonds is 6. The van der Waals surface area contributed by atoms with Crippen molar-refractivity contribution in [1.82, 2.24) is 25.0 Å². The fraction of sp³-hybridized carbons (Fsp3) is 0.429. The number of alkyl halides is 6. The second-order valence-corrected chi connectivity index (χ2v) is 8.59. The Balaban J connectivity index is 1.32. The van der Waals surface area contributed by atoms with E-state index in [9.17, 15) is 26.3 Å². The van der Waals surface area contributed by atoms with Crippen LogP contribution in [0.25, 0.3) is 0 Å². The molecule has 0 spiro atoms. The molecular formula is C21H19F6N7O2. The number of benzene rings is 1. The summed E-state index contributed by atoms with van der Waals surface area (Å²) in [7, 11) is 0. The lowest BCUT2D eigenvalue weighted by molar-refractivity contribution is -0.143.